The van der Waals surface area contributed by atoms with Crippen LogP contribution in [0.25, 0.3) is 0 Å². The molecule has 13 heavy (non-hydrogen) atoms. The molecule has 0 bridgehead atoms. The Morgan fingerprint density at radius 1 is 1.38 bits per heavy atom. The molecule has 1 aromatic carbocycles. The topological polar surface area (TPSA) is 43.4 Å². The second-order valence-corrected chi connectivity index (χ2v) is 4.25. The van der Waals surface area contributed by atoms with Gasteiger partial charge < -0.3 is 1.43 Å². The molecule has 6 heteroatoms. The maximum absolute atomic E-state index is 11.2. The van der Waals surface area contributed by atoms with Gasteiger partial charge in [0.15, 0.2) is 0 Å². The van der Waals surface area contributed by atoms with Crippen LogP contribution < -0.4 is 29.6 Å². The third-order valence-corrected chi connectivity index (χ3v) is 3.23. The van der Waals surface area contributed by atoms with Crippen molar-refractivity contribution >= 4 is 22.7 Å². The van der Waals surface area contributed by atoms with Gasteiger partial charge in [0.05, 0.1) is 7.11 Å². The molecule has 0 saturated carbocycles. The van der Waals surface area contributed by atoms with Crippen LogP contribution in [0, 0.1) is 0 Å². The number of thiol groups is 1. The van der Waals surface area contributed by atoms with Crippen molar-refractivity contribution in [3.05, 3.63) is 24.3 Å². The molecule has 0 aliphatic rings. The van der Waals surface area contributed by atoms with Gasteiger partial charge in [-0.3, -0.25) is 4.18 Å². The first-order valence-corrected chi connectivity index (χ1v) is 5.02. The molecule has 1 rings (SSSR count). The summed E-state index contributed by atoms with van der Waals surface area (Å²) in [6.45, 7) is 0. The third-order valence-electron chi connectivity index (χ3n) is 1.35. The summed E-state index contributed by atoms with van der Waals surface area (Å²) in [5, 5.41) is 0. The Morgan fingerprint density at radius 2 is 1.92 bits per heavy atom. The summed E-state index contributed by atoms with van der Waals surface area (Å²) in [5.41, 5.74) is 0. The summed E-state index contributed by atoms with van der Waals surface area (Å²) >= 11 is 3.99. The first kappa shape index (κ1) is 13.5. The van der Waals surface area contributed by atoms with Gasteiger partial charge in [0.2, 0.25) is 0 Å². The predicted molar refractivity (Wildman–Crippen MR) is 49.0 cm³/mol. The van der Waals surface area contributed by atoms with Gasteiger partial charge >= 0.3 is 29.6 Å². The van der Waals surface area contributed by atoms with Crippen molar-refractivity contribution in [2.45, 2.75) is 9.79 Å². The molecule has 3 nitrogen and oxygen atoms in total. The van der Waals surface area contributed by atoms with Crippen molar-refractivity contribution < 1.29 is 43.6 Å². The molecule has 0 amide bonds. The summed E-state index contributed by atoms with van der Waals surface area (Å²) < 4.78 is 26.6. The van der Waals surface area contributed by atoms with Gasteiger partial charge in [-0.25, -0.2) is 0 Å². The fourth-order valence-electron chi connectivity index (χ4n) is 0.758. The van der Waals surface area contributed by atoms with Gasteiger partial charge in [-0.1, -0.05) is 12.1 Å². The molecule has 1 aromatic rings. The summed E-state index contributed by atoms with van der Waals surface area (Å²) in [4.78, 5) is 0.482. The van der Waals surface area contributed by atoms with Crippen LogP contribution in [0.2, 0.25) is 0 Å². The van der Waals surface area contributed by atoms with E-state index in [-0.39, 0.29) is 35.9 Å². The van der Waals surface area contributed by atoms with E-state index >= 15 is 0 Å². The Balaban J connectivity index is 0. The SMILES string of the molecule is COS(=O)(=O)c1ccccc1S.[H-].[Na+]. The van der Waals surface area contributed by atoms with E-state index in [1.165, 1.54) is 6.07 Å². The first-order valence-electron chi connectivity index (χ1n) is 3.16. The van der Waals surface area contributed by atoms with Gasteiger partial charge in [0.25, 0.3) is 10.1 Å². The fourth-order valence-corrected chi connectivity index (χ4v) is 2.00. The van der Waals surface area contributed by atoms with E-state index in [1.807, 2.05) is 0 Å². The van der Waals surface area contributed by atoms with E-state index in [0.29, 0.717) is 4.90 Å². The van der Waals surface area contributed by atoms with Crippen molar-refractivity contribution in [2.24, 2.45) is 0 Å². The van der Waals surface area contributed by atoms with E-state index < -0.39 is 10.1 Å². The van der Waals surface area contributed by atoms with Gasteiger partial charge in [-0.05, 0) is 12.1 Å². The van der Waals surface area contributed by atoms with Crippen molar-refractivity contribution in [3.8, 4) is 0 Å². The molecule has 0 aliphatic heterocycles. The van der Waals surface area contributed by atoms with Crippen LogP contribution in [0.5, 0.6) is 0 Å². The van der Waals surface area contributed by atoms with E-state index in [2.05, 4.69) is 16.8 Å². The van der Waals surface area contributed by atoms with Crippen LogP contribution in [0.4, 0.5) is 0 Å². The van der Waals surface area contributed by atoms with Crippen molar-refractivity contribution in [1.29, 1.82) is 0 Å². The second-order valence-electron chi connectivity index (χ2n) is 2.09. The zero-order valence-corrected chi connectivity index (χ0v) is 11.1. The van der Waals surface area contributed by atoms with Crippen LogP contribution in [0.15, 0.2) is 34.1 Å². The Bertz CT molecular complexity index is 380. The maximum Gasteiger partial charge on any atom is 1.00 e. The molecular weight excluding hydrogens is 219 g/mol. The zero-order valence-electron chi connectivity index (χ0n) is 8.39. The van der Waals surface area contributed by atoms with Crippen LogP contribution in [0.1, 0.15) is 1.43 Å². The molecule has 0 fully saturated rings. The number of hydrogen-bond acceptors (Lipinski definition) is 4. The minimum absolute atomic E-state index is 0. The summed E-state index contributed by atoms with van der Waals surface area (Å²) in [7, 11) is -2.48. The number of benzene rings is 1. The Hall–Kier alpha value is 0.480. The molecule has 0 aliphatic carbocycles. The minimum Gasteiger partial charge on any atom is -1.00 e. The smallest absolute Gasteiger partial charge is 1.00 e. The largest absolute Gasteiger partial charge is 1.00 e. The maximum atomic E-state index is 11.2. The monoisotopic (exact) mass is 228 g/mol. The Morgan fingerprint density at radius 3 is 2.38 bits per heavy atom. The van der Waals surface area contributed by atoms with Crippen LogP contribution in [-0.4, -0.2) is 15.5 Å². The van der Waals surface area contributed by atoms with Crippen molar-refractivity contribution in [1.82, 2.24) is 0 Å². The van der Waals surface area contributed by atoms with Gasteiger partial charge in [0, 0.05) is 4.90 Å². The molecule has 0 atom stereocenters. The second kappa shape index (κ2) is 5.38. The van der Waals surface area contributed by atoms with Crippen molar-refractivity contribution in [2.75, 3.05) is 7.11 Å². The van der Waals surface area contributed by atoms with E-state index in [4.69, 9.17) is 0 Å². The fraction of sp³-hybridized carbons (Fsp3) is 0.143. The normalized spacial score (nSPS) is 10.6. The minimum atomic E-state index is -3.61. The Kier molecular flexibility index (Phi) is 5.58. The van der Waals surface area contributed by atoms with Gasteiger partial charge in [-0.2, -0.15) is 8.42 Å². The molecular formula is C7H9NaO3S2. The molecule has 0 spiro atoms. The molecule has 0 aromatic heterocycles. The predicted octanol–water partition coefficient (Wildman–Crippen LogP) is -1.57. The third kappa shape index (κ3) is 3.27. The molecule has 0 unspecified atom stereocenters. The number of rotatable bonds is 2. The average Bonchev–Trinajstić information content (AvgIpc) is 2.05. The number of hydrogen-bond donors (Lipinski definition) is 1. The summed E-state index contributed by atoms with van der Waals surface area (Å²) in [6.07, 6.45) is 0. The average molecular weight is 228 g/mol. The standard InChI is InChI=1S/C7H8O3S2.Na.H/c1-10-12(8,9)7-5-3-2-4-6(7)11;;/h2-5,11H,1H3;;/q;+1;-1. The van der Waals surface area contributed by atoms with Gasteiger partial charge in [-0.15, -0.1) is 12.6 Å². The molecule has 0 saturated heterocycles. The first-order chi connectivity index (χ1) is 5.58. The van der Waals surface area contributed by atoms with Crippen molar-refractivity contribution in [3.63, 3.8) is 0 Å². The zero-order chi connectivity index (χ0) is 9.19. The van der Waals surface area contributed by atoms with Crippen LogP contribution >= 0.6 is 12.6 Å². The van der Waals surface area contributed by atoms with Gasteiger partial charge in [0.1, 0.15) is 4.90 Å². The van der Waals surface area contributed by atoms with Crippen LogP contribution in [-0.2, 0) is 14.3 Å². The molecule has 68 valence electrons. The van der Waals surface area contributed by atoms with E-state index in [0.717, 1.165) is 7.11 Å². The summed E-state index contributed by atoms with van der Waals surface area (Å²) in [6, 6.07) is 6.36. The van der Waals surface area contributed by atoms with E-state index in [1.54, 1.807) is 18.2 Å². The molecule has 0 N–H and O–H groups in total. The molecule has 0 radical (unpaired) electrons. The van der Waals surface area contributed by atoms with Crippen LogP contribution in [0.3, 0.4) is 0 Å². The molecule has 0 heterocycles. The van der Waals surface area contributed by atoms with E-state index in [9.17, 15) is 8.42 Å². The Labute approximate surface area is 107 Å². The summed E-state index contributed by atoms with van der Waals surface area (Å²) in [5.74, 6) is 0. The quantitative estimate of drug-likeness (QED) is 0.378.